The number of nitrogens with one attached hydrogen (secondary N) is 1. The highest BCUT2D eigenvalue weighted by Crippen LogP contribution is 2.57. The molecule has 0 saturated carbocycles. The van der Waals surface area contributed by atoms with Crippen LogP contribution >= 0.6 is 35.6 Å². The third kappa shape index (κ3) is 2.98. The molecule has 0 aromatic heterocycles. The van der Waals surface area contributed by atoms with Gasteiger partial charge in [0.1, 0.15) is 0 Å². The van der Waals surface area contributed by atoms with Crippen LogP contribution in [0.2, 0.25) is 5.02 Å². The van der Waals surface area contributed by atoms with Crippen molar-refractivity contribution in [2.24, 2.45) is 0 Å². The van der Waals surface area contributed by atoms with E-state index in [9.17, 15) is 0 Å². The minimum absolute atomic E-state index is 0.0186. The van der Waals surface area contributed by atoms with Crippen molar-refractivity contribution in [3.8, 4) is 0 Å². The lowest BCUT2D eigenvalue weighted by Gasteiger charge is -2.46. The summed E-state index contributed by atoms with van der Waals surface area (Å²) in [6.07, 6.45) is 0. The number of ether oxygens (including phenoxy) is 1. The average molecular weight is 400 g/mol. The van der Waals surface area contributed by atoms with Crippen LogP contribution in [0.15, 0.2) is 46.9 Å². The number of nitrogen functional groups attached to an aromatic ring is 1. The van der Waals surface area contributed by atoms with Crippen molar-refractivity contribution in [1.82, 2.24) is 0 Å². The normalized spacial score (nSPS) is 17.6. The second-order valence-electron chi connectivity index (χ2n) is 5.43. The standard InChI is InChI=1S/C16H17BrClN2OP/c1-22(20-15-8-13(18)6-7-14(15)19)16(9-21-10-16)11-2-4-12(17)5-3-11/h2-8,20H,9-10,19H2,1H3. The summed E-state index contributed by atoms with van der Waals surface area (Å²) in [5, 5.41) is 4.27. The molecule has 2 aromatic carbocycles. The first-order chi connectivity index (χ1) is 10.5. The fourth-order valence-corrected chi connectivity index (χ4v) is 4.83. The summed E-state index contributed by atoms with van der Waals surface area (Å²) in [7, 11) is -0.559. The molecule has 0 radical (unpaired) electrons. The van der Waals surface area contributed by atoms with Crippen LogP contribution in [0.4, 0.5) is 11.4 Å². The zero-order valence-electron chi connectivity index (χ0n) is 12.1. The molecule has 0 amide bonds. The van der Waals surface area contributed by atoms with Crippen LogP contribution in [0, 0.1) is 0 Å². The van der Waals surface area contributed by atoms with E-state index >= 15 is 0 Å². The van der Waals surface area contributed by atoms with Crippen molar-refractivity contribution in [3.05, 3.63) is 57.5 Å². The van der Waals surface area contributed by atoms with E-state index < -0.39 is 8.07 Å². The molecule has 116 valence electrons. The lowest BCUT2D eigenvalue weighted by molar-refractivity contribution is -0.0138. The maximum absolute atomic E-state index is 6.08. The maximum Gasteiger partial charge on any atom is 0.0798 e. The number of hydrogen-bond donors (Lipinski definition) is 2. The van der Waals surface area contributed by atoms with Crippen LogP contribution in [0.1, 0.15) is 5.56 Å². The van der Waals surface area contributed by atoms with Crippen molar-refractivity contribution in [2.45, 2.75) is 5.16 Å². The highest BCUT2D eigenvalue weighted by Gasteiger charge is 2.45. The van der Waals surface area contributed by atoms with Gasteiger partial charge in [-0.1, -0.05) is 39.7 Å². The molecule has 0 bridgehead atoms. The number of halogens is 2. The Kier molecular flexibility index (Phi) is 4.65. The van der Waals surface area contributed by atoms with Gasteiger partial charge in [-0.3, -0.25) is 0 Å². The molecule has 1 atom stereocenters. The summed E-state index contributed by atoms with van der Waals surface area (Å²) in [5.74, 6) is 0. The molecule has 1 aliphatic rings. The second-order valence-corrected chi connectivity index (χ2v) is 8.98. The third-order valence-corrected chi connectivity index (χ3v) is 7.15. The minimum Gasteiger partial charge on any atom is -0.397 e. The van der Waals surface area contributed by atoms with Crippen molar-refractivity contribution < 1.29 is 4.74 Å². The maximum atomic E-state index is 6.08. The van der Waals surface area contributed by atoms with E-state index in [2.05, 4.69) is 51.9 Å². The van der Waals surface area contributed by atoms with E-state index in [0.717, 1.165) is 23.4 Å². The van der Waals surface area contributed by atoms with E-state index in [0.29, 0.717) is 10.7 Å². The first-order valence-electron chi connectivity index (χ1n) is 6.90. The molecule has 6 heteroatoms. The van der Waals surface area contributed by atoms with Crippen molar-refractivity contribution in [1.29, 1.82) is 0 Å². The molecule has 2 aromatic rings. The van der Waals surface area contributed by atoms with E-state index in [1.165, 1.54) is 5.56 Å². The Hall–Kier alpha value is -0.800. The van der Waals surface area contributed by atoms with Gasteiger partial charge in [-0.15, -0.1) is 0 Å². The fraction of sp³-hybridized carbons (Fsp3) is 0.250. The lowest BCUT2D eigenvalue weighted by atomic mass is 9.96. The zero-order chi connectivity index (χ0) is 15.7. The topological polar surface area (TPSA) is 47.3 Å². The van der Waals surface area contributed by atoms with E-state index in [-0.39, 0.29) is 5.16 Å². The summed E-state index contributed by atoms with van der Waals surface area (Å²) in [5.41, 5.74) is 8.95. The highest BCUT2D eigenvalue weighted by molar-refractivity contribution is 9.10. The van der Waals surface area contributed by atoms with Crippen LogP contribution in [0.5, 0.6) is 0 Å². The molecule has 22 heavy (non-hydrogen) atoms. The van der Waals surface area contributed by atoms with E-state index in [1.807, 2.05) is 12.1 Å². The van der Waals surface area contributed by atoms with Gasteiger partial charge in [-0.2, -0.15) is 0 Å². The minimum atomic E-state index is -0.559. The number of nitrogens with two attached hydrogens (primary N) is 1. The predicted octanol–water partition coefficient (Wildman–Crippen LogP) is 5.05. The molecular weight excluding hydrogens is 383 g/mol. The van der Waals surface area contributed by atoms with E-state index in [1.54, 1.807) is 6.07 Å². The summed E-state index contributed by atoms with van der Waals surface area (Å²) < 4.78 is 6.63. The van der Waals surface area contributed by atoms with Gasteiger partial charge in [0, 0.05) is 17.6 Å². The highest BCUT2D eigenvalue weighted by atomic mass is 79.9. The first kappa shape index (κ1) is 16.1. The largest absolute Gasteiger partial charge is 0.397 e. The Balaban J connectivity index is 1.87. The Labute approximate surface area is 145 Å². The molecule has 1 saturated heterocycles. The van der Waals surface area contributed by atoms with Gasteiger partial charge in [0.2, 0.25) is 0 Å². The number of benzene rings is 2. The Morgan fingerprint density at radius 2 is 1.91 bits per heavy atom. The SMILES string of the molecule is CP(Nc1cc(Cl)ccc1N)C1(c2ccc(Br)cc2)COC1. The zero-order valence-corrected chi connectivity index (χ0v) is 15.4. The molecule has 1 aliphatic heterocycles. The molecule has 3 rings (SSSR count). The average Bonchev–Trinajstić information content (AvgIpc) is 2.44. The molecule has 3 nitrogen and oxygen atoms in total. The van der Waals surface area contributed by atoms with Crippen LogP contribution < -0.4 is 10.8 Å². The van der Waals surface area contributed by atoms with Gasteiger partial charge in [0.05, 0.1) is 29.7 Å². The summed E-state index contributed by atoms with van der Waals surface area (Å²) in [4.78, 5) is 0. The van der Waals surface area contributed by atoms with Gasteiger partial charge < -0.3 is 15.6 Å². The van der Waals surface area contributed by atoms with Crippen LogP contribution in [0.25, 0.3) is 0 Å². The predicted molar refractivity (Wildman–Crippen MR) is 99.0 cm³/mol. The van der Waals surface area contributed by atoms with Crippen molar-refractivity contribution in [3.63, 3.8) is 0 Å². The lowest BCUT2D eigenvalue weighted by Crippen LogP contribution is -2.46. The Morgan fingerprint density at radius 3 is 2.50 bits per heavy atom. The van der Waals surface area contributed by atoms with Crippen LogP contribution in [0.3, 0.4) is 0 Å². The van der Waals surface area contributed by atoms with Crippen molar-refractivity contribution >= 4 is 47.0 Å². The van der Waals surface area contributed by atoms with E-state index in [4.69, 9.17) is 22.1 Å². The van der Waals surface area contributed by atoms with Crippen LogP contribution in [-0.4, -0.2) is 19.9 Å². The summed E-state index contributed by atoms with van der Waals surface area (Å²) in [6, 6.07) is 14.0. The third-order valence-electron chi connectivity index (χ3n) is 4.01. The van der Waals surface area contributed by atoms with Gasteiger partial charge >= 0.3 is 0 Å². The first-order valence-corrected chi connectivity index (χ1v) is 9.86. The molecular formula is C16H17BrClN2OP. The number of anilines is 2. The van der Waals surface area contributed by atoms with Gasteiger partial charge in [-0.25, -0.2) is 0 Å². The molecule has 0 aliphatic carbocycles. The smallest absolute Gasteiger partial charge is 0.0798 e. The molecule has 1 heterocycles. The fourth-order valence-electron chi connectivity index (χ4n) is 2.52. The Morgan fingerprint density at radius 1 is 1.23 bits per heavy atom. The monoisotopic (exact) mass is 398 g/mol. The summed E-state index contributed by atoms with van der Waals surface area (Å²) in [6.45, 7) is 3.68. The quantitative estimate of drug-likeness (QED) is 0.559. The number of hydrogen-bond acceptors (Lipinski definition) is 3. The van der Waals surface area contributed by atoms with Gasteiger partial charge in [-0.05, 0) is 42.6 Å². The van der Waals surface area contributed by atoms with Gasteiger partial charge in [0.15, 0.2) is 0 Å². The Bertz CT molecular complexity index is 676. The molecule has 1 unspecified atom stereocenters. The van der Waals surface area contributed by atoms with Crippen LogP contribution in [-0.2, 0) is 9.89 Å². The molecule has 3 N–H and O–H groups in total. The second kappa shape index (κ2) is 6.37. The molecule has 1 fully saturated rings. The molecule has 0 spiro atoms. The van der Waals surface area contributed by atoms with Gasteiger partial charge in [0.25, 0.3) is 0 Å². The summed E-state index contributed by atoms with van der Waals surface area (Å²) >= 11 is 9.57. The number of rotatable bonds is 4. The van der Waals surface area contributed by atoms with Crippen molar-refractivity contribution in [2.75, 3.05) is 30.7 Å².